The van der Waals surface area contributed by atoms with Crippen molar-refractivity contribution in [2.75, 3.05) is 0 Å². The third-order valence-corrected chi connectivity index (χ3v) is 1.81. The Morgan fingerprint density at radius 1 is 1.47 bits per heavy atom. The van der Waals surface area contributed by atoms with E-state index in [9.17, 15) is 14.4 Å². The van der Waals surface area contributed by atoms with Crippen molar-refractivity contribution in [2.45, 2.75) is 19.0 Å². The van der Waals surface area contributed by atoms with Crippen LogP contribution in [0.2, 0.25) is 0 Å². The zero-order valence-corrected chi connectivity index (χ0v) is 8.74. The van der Waals surface area contributed by atoms with Crippen molar-refractivity contribution in [3.8, 4) is 0 Å². The molecule has 0 radical (unpaired) electrons. The van der Waals surface area contributed by atoms with Gasteiger partial charge >= 0.3 is 5.97 Å². The van der Waals surface area contributed by atoms with Crippen LogP contribution in [-0.2, 0) is 20.9 Å². The van der Waals surface area contributed by atoms with Crippen LogP contribution in [0.15, 0.2) is 12.7 Å². The first-order chi connectivity index (χ1) is 7.99. The number of primary amides is 1. The molecule has 1 aromatic rings. The number of aliphatic carboxylic acids is 1. The van der Waals surface area contributed by atoms with Gasteiger partial charge in [-0.05, 0) is 0 Å². The third-order valence-electron chi connectivity index (χ3n) is 1.81. The highest BCUT2D eigenvalue weighted by atomic mass is 16.4. The number of rotatable bonds is 6. The molecule has 0 fully saturated rings. The summed E-state index contributed by atoms with van der Waals surface area (Å²) >= 11 is 0. The third kappa shape index (κ3) is 4.28. The van der Waals surface area contributed by atoms with Gasteiger partial charge < -0.3 is 16.2 Å². The van der Waals surface area contributed by atoms with Crippen LogP contribution in [0.1, 0.15) is 6.42 Å². The number of aromatic nitrogens is 3. The second-order valence-corrected chi connectivity index (χ2v) is 3.22. The minimum Gasteiger partial charge on any atom is -0.480 e. The van der Waals surface area contributed by atoms with Gasteiger partial charge in [0.15, 0.2) is 0 Å². The van der Waals surface area contributed by atoms with E-state index in [4.69, 9.17) is 10.8 Å². The SMILES string of the molecule is NC(=O)C[C@H](NC(=O)Cn1cncn1)C(=O)O. The Labute approximate surface area is 95.6 Å². The summed E-state index contributed by atoms with van der Waals surface area (Å²) in [6, 6.07) is -1.33. The molecular weight excluding hydrogens is 230 g/mol. The van der Waals surface area contributed by atoms with Gasteiger partial charge in [-0.2, -0.15) is 5.10 Å². The number of hydrogen-bond donors (Lipinski definition) is 3. The molecule has 0 spiro atoms. The summed E-state index contributed by atoms with van der Waals surface area (Å²) in [5.74, 6) is -2.72. The van der Waals surface area contributed by atoms with E-state index in [1.54, 1.807) is 0 Å². The topological polar surface area (TPSA) is 140 Å². The van der Waals surface area contributed by atoms with Crippen LogP contribution in [0.25, 0.3) is 0 Å². The summed E-state index contributed by atoms with van der Waals surface area (Å²) in [6.07, 6.45) is 2.09. The molecule has 1 heterocycles. The first kappa shape index (κ1) is 12.6. The molecule has 0 aliphatic rings. The fraction of sp³-hybridized carbons (Fsp3) is 0.375. The number of carboxylic acids is 1. The fourth-order valence-electron chi connectivity index (χ4n) is 1.10. The van der Waals surface area contributed by atoms with Crippen molar-refractivity contribution in [1.82, 2.24) is 20.1 Å². The molecule has 0 aromatic carbocycles. The second-order valence-electron chi connectivity index (χ2n) is 3.22. The van der Waals surface area contributed by atoms with Crippen LogP contribution in [0.4, 0.5) is 0 Å². The number of amides is 2. The molecule has 0 saturated carbocycles. The average molecular weight is 241 g/mol. The fourth-order valence-corrected chi connectivity index (χ4v) is 1.10. The summed E-state index contributed by atoms with van der Waals surface area (Å²) in [7, 11) is 0. The average Bonchev–Trinajstić information content (AvgIpc) is 2.68. The highest BCUT2D eigenvalue weighted by Crippen LogP contribution is 1.92. The lowest BCUT2D eigenvalue weighted by atomic mass is 10.2. The quantitative estimate of drug-likeness (QED) is 0.512. The Balaban J connectivity index is 2.52. The summed E-state index contributed by atoms with van der Waals surface area (Å²) in [6.45, 7) is -0.178. The molecule has 0 aliphatic heterocycles. The molecule has 0 saturated heterocycles. The van der Waals surface area contributed by atoms with Gasteiger partial charge in [0.2, 0.25) is 11.8 Å². The Morgan fingerprint density at radius 3 is 2.65 bits per heavy atom. The van der Waals surface area contributed by atoms with Crippen molar-refractivity contribution in [1.29, 1.82) is 0 Å². The molecule has 9 heteroatoms. The zero-order valence-electron chi connectivity index (χ0n) is 8.74. The van der Waals surface area contributed by atoms with E-state index in [1.165, 1.54) is 17.3 Å². The summed E-state index contributed by atoms with van der Waals surface area (Å²) in [5, 5.41) is 14.6. The van der Waals surface area contributed by atoms with E-state index in [0.29, 0.717) is 0 Å². The molecule has 0 unspecified atom stereocenters. The molecule has 0 bridgehead atoms. The Hall–Kier alpha value is -2.45. The maximum Gasteiger partial charge on any atom is 0.326 e. The van der Waals surface area contributed by atoms with Gasteiger partial charge in [-0.3, -0.25) is 9.59 Å². The van der Waals surface area contributed by atoms with Crippen molar-refractivity contribution in [3.05, 3.63) is 12.7 Å². The van der Waals surface area contributed by atoms with E-state index in [0.717, 1.165) is 0 Å². The lowest BCUT2D eigenvalue weighted by Crippen LogP contribution is -2.44. The lowest BCUT2D eigenvalue weighted by molar-refractivity contribution is -0.143. The van der Waals surface area contributed by atoms with Gasteiger partial charge in [0, 0.05) is 0 Å². The smallest absolute Gasteiger partial charge is 0.326 e. The van der Waals surface area contributed by atoms with Gasteiger partial charge in [-0.25, -0.2) is 14.5 Å². The van der Waals surface area contributed by atoms with Gasteiger partial charge in [0.25, 0.3) is 0 Å². The number of carbonyl (C=O) groups excluding carboxylic acids is 2. The number of carboxylic acid groups (broad SMARTS) is 1. The Morgan fingerprint density at radius 2 is 2.18 bits per heavy atom. The van der Waals surface area contributed by atoms with Crippen LogP contribution in [-0.4, -0.2) is 43.7 Å². The first-order valence-electron chi connectivity index (χ1n) is 4.62. The maximum atomic E-state index is 11.4. The van der Waals surface area contributed by atoms with Crippen molar-refractivity contribution >= 4 is 17.8 Å². The highest BCUT2D eigenvalue weighted by Gasteiger charge is 2.22. The van der Waals surface area contributed by atoms with Crippen molar-refractivity contribution in [3.63, 3.8) is 0 Å². The van der Waals surface area contributed by atoms with Crippen LogP contribution < -0.4 is 11.1 Å². The Kier molecular flexibility index (Phi) is 4.14. The summed E-state index contributed by atoms with van der Waals surface area (Å²) in [5.41, 5.74) is 4.86. The number of hydrogen-bond acceptors (Lipinski definition) is 5. The lowest BCUT2D eigenvalue weighted by Gasteiger charge is -2.12. The summed E-state index contributed by atoms with van der Waals surface area (Å²) in [4.78, 5) is 36.3. The van der Waals surface area contributed by atoms with Crippen LogP contribution in [0.5, 0.6) is 0 Å². The van der Waals surface area contributed by atoms with Gasteiger partial charge in [-0.15, -0.1) is 0 Å². The van der Waals surface area contributed by atoms with E-state index < -0.39 is 30.2 Å². The minimum atomic E-state index is -1.33. The molecular formula is C8H11N5O4. The molecule has 92 valence electrons. The molecule has 1 rings (SSSR count). The monoisotopic (exact) mass is 241 g/mol. The standard InChI is InChI=1S/C8H11N5O4/c9-6(14)1-5(8(16)17)12-7(15)2-13-4-10-3-11-13/h3-5H,1-2H2,(H2,9,14)(H,12,15)(H,16,17)/t5-/m0/s1. The van der Waals surface area contributed by atoms with E-state index >= 15 is 0 Å². The number of nitrogens with two attached hydrogens (primary N) is 1. The van der Waals surface area contributed by atoms with E-state index in [2.05, 4.69) is 15.4 Å². The van der Waals surface area contributed by atoms with Gasteiger partial charge in [0.1, 0.15) is 25.2 Å². The number of nitrogens with zero attached hydrogens (tertiary/aromatic N) is 3. The predicted molar refractivity (Wildman–Crippen MR) is 53.4 cm³/mol. The Bertz CT molecular complexity index is 416. The van der Waals surface area contributed by atoms with Crippen molar-refractivity contribution in [2.24, 2.45) is 5.73 Å². The van der Waals surface area contributed by atoms with E-state index in [1.807, 2.05) is 0 Å². The summed E-state index contributed by atoms with van der Waals surface area (Å²) < 4.78 is 1.22. The molecule has 9 nitrogen and oxygen atoms in total. The molecule has 17 heavy (non-hydrogen) atoms. The van der Waals surface area contributed by atoms with E-state index in [-0.39, 0.29) is 6.54 Å². The normalized spacial score (nSPS) is 11.8. The predicted octanol–water partition coefficient (Wildman–Crippen LogP) is -2.28. The second kappa shape index (κ2) is 5.58. The maximum absolute atomic E-state index is 11.4. The van der Waals surface area contributed by atoms with Crippen LogP contribution >= 0.6 is 0 Å². The molecule has 1 atom stereocenters. The zero-order chi connectivity index (χ0) is 12.8. The molecule has 2 amide bonds. The van der Waals surface area contributed by atoms with Gasteiger partial charge in [0.05, 0.1) is 6.42 Å². The first-order valence-corrected chi connectivity index (χ1v) is 4.62. The molecule has 0 aliphatic carbocycles. The highest BCUT2D eigenvalue weighted by molar-refractivity contribution is 5.87. The van der Waals surface area contributed by atoms with Crippen molar-refractivity contribution < 1.29 is 19.5 Å². The molecule has 1 aromatic heterocycles. The largest absolute Gasteiger partial charge is 0.480 e. The van der Waals surface area contributed by atoms with Gasteiger partial charge in [-0.1, -0.05) is 0 Å². The van der Waals surface area contributed by atoms with Crippen LogP contribution in [0.3, 0.4) is 0 Å². The molecule has 4 N–H and O–H groups in total. The number of carbonyl (C=O) groups is 3. The van der Waals surface area contributed by atoms with Crippen LogP contribution in [0, 0.1) is 0 Å². The minimum absolute atomic E-state index is 0.178. The number of nitrogens with one attached hydrogen (secondary N) is 1.